The number of hydrogen-bond donors (Lipinski definition) is 0. The number of piperidine rings is 1. The molecule has 0 N–H and O–H groups in total. The first-order chi connectivity index (χ1) is 12.3. The maximum Gasteiger partial charge on any atom is 0.274 e. The molecule has 1 amide bonds. The standard InChI is InChI=1S/C19H30N4OS/c1-2-23-17-7-6-15(21-8-4-3-5-9-21)14-16(17)18(20-23)19(24)22-10-12-25-13-11-22/h15H,2-14H2,1H3. The molecule has 6 heteroatoms. The van der Waals surface area contributed by atoms with Gasteiger partial charge in [0.2, 0.25) is 0 Å². The van der Waals surface area contributed by atoms with E-state index in [2.05, 4.69) is 16.5 Å². The number of thioether (sulfide) groups is 1. The van der Waals surface area contributed by atoms with Gasteiger partial charge < -0.3 is 9.80 Å². The van der Waals surface area contributed by atoms with E-state index < -0.39 is 0 Å². The van der Waals surface area contributed by atoms with Crippen molar-refractivity contribution in [2.75, 3.05) is 37.7 Å². The van der Waals surface area contributed by atoms with Crippen molar-refractivity contribution in [2.45, 2.75) is 58.0 Å². The number of likely N-dealkylation sites (tertiary alicyclic amines) is 1. The van der Waals surface area contributed by atoms with E-state index in [9.17, 15) is 4.79 Å². The van der Waals surface area contributed by atoms with Crippen LogP contribution >= 0.6 is 11.8 Å². The molecule has 1 unspecified atom stereocenters. The van der Waals surface area contributed by atoms with Gasteiger partial charge in [-0.2, -0.15) is 16.9 Å². The Bertz CT molecular complexity index is 617. The summed E-state index contributed by atoms with van der Waals surface area (Å²) in [6, 6.07) is 0.603. The van der Waals surface area contributed by atoms with Gasteiger partial charge in [-0.15, -0.1) is 0 Å². The molecule has 1 atom stereocenters. The third-order valence-electron chi connectivity index (χ3n) is 6.03. The Morgan fingerprint density at radius 2 is 1.92 bits per heavy atom. The lowest BCUT2D eigenvalue weighted by Crippen LogP contribution is -2.43. The Morgan fingerprint density at radius 1 is 1.16 bits per heavy atom. The summed E-state index contributed by atoms with van der Waals surface area (Å²) in [4.78, 5) is 17.8. The molecule has 2 fully saturated rings. The fraction of sp³-hybridized carbons (Fsp3) is 0.789. The molecule has 25 heavy (non-hydrogen) atoms. The topological polar surface area (TPSA) is 41.4 Å². The van der Waals surface area contributed by atoms with E-state index in [4.69, 9.17) is 5.10 Å². The van der Waals surface area contributed by atoms with E-state index in [0.29, 0.717) is 6.04 Å². The average molecular weight is 363 g/mol. The van der Waals surface area contributed by atoms with Gasteiger partial charge in [-0.05, 0) is 52.1 Å². The summed E-state index contributed by atoms with van der Waals surface area (Å²) in [6.07, 6.45) is 7.33. The molecule has 3 aliphatic rings. The smallest absolute Gasteiger partial charge is 0.274 e. The van der Waals surface area contributed by atoms with Crippen LogP contribution < -0.4 is 0 Å². The first-order valence-corrected chi connectivity index (χ1v) is 11.1. The van der Waals surface area contributed by atoms with Crippen LogP contribution in [0.2, 0.25) is 0 Å². The van der Waals surface area contributed by atoms with Crippen LogP contribution in [0.25, 0.3) is 0 Å². The quantitative estimate of drug-likeness (QED) is 0.828. The number of fused-ring (bicyclic) bond motifs is 1. The number of carbonyl (C=O) groups is 1. The van der Waals surface area contributed by atoms with Crippen LogP contribution in [-0.4, -0.2) is 69.2 Å². The van der Waals surface area contributed by atoms with E-state index in [1.165, 1.54) is 50.0 Å². The Kier molecular flexibility index (Phi) is 5.36. The fourth-order valence-corrected chi connectivity index (χ4v) is 5.52. The van der Waals surface area contributed by atoms with Gasteiger partial charge in [0.1, 0.15) is 0 Å². The lowest BCUT2D eigenvalue weighted by Gasteiger charge is -2.37. The van der Waals surface area contributed by atoms with E-state index in [1.54, 1.807) is 0 Å². The number of amides is 1. The lowest BCUT2D eigenvalue weighted by atomic mass is 9.89. The molecule has 0 aromatic carbocycles. The minimum atomic E-state index is 0.169. The highest BCUT2D eigenvalue weighted by Crippen LogP contribution is 2.30. The molecule has 0 saturated carbocycles. The van der Waals surface area contributed by atoms with Crippen molar-refractivity contribution >= 4 is 17.7 Å². The zero-order valence-electron chi connectivity index (χ0n) is 15.4. The highest BCUT2D eigenvalue weighted by atomic mass is 32.2. The minimum Gasteiger partial charge on any atom is -0.336 e. The zero-order valence-corrected chi connectivity index (χ0v) is 16.2. The number of carbonyl (C=O) groups excluding carboxylic acids is 1. The first-order valence-electron chi connectivity index (χ1n) is 9.97. The molecule has 0 bridgehead atoms. The predicted molar refractivity (Wildman–Crippen MR) is 102 cm³/mol. The van der Waals surface area contributed by atoms with Gasteiger partial charge in [0.25, 0.3) is 5.91 Å². The second kappa shape index (κ2) is 7.70. The van der Waals surface area contributed by atoms with Gasteiger partial charge in [-0.25, -0.2) is 0 Å². The summed E-state index contributed by atoms with van der Waals surface area (Å²) in [5.74, 6) is 2.28. The normalized spacial score (nSPS) is 25.0. The molecular weight excluding hydrogens is 332 g/mol. The van der Waals surface area contributed by atoms with Gasteiger partial charge >= 0.3 is 0 Å². The summed E-state index contributed by atoms with van der Waals surface area (Å²) in [7, 11) is 0. The molecule has 4 rings (SSSR count). The largest absolute Gasteiger partial charge is 0.336 e. The number of rotatable bonds is 3. The van der Waals surface area contributed by atoms with Gasteiger partial charge in [-0.1, -0.05) is 6.42 Å². The summed E-state index contributed by atoms with van der Waals surface area (Å²) in [5.41, 5.74) is 3.34. The number of aromatic nitrogens is 2. The summed E-state index contributed by atoms with van der Waals surface area (Å²) in [6.45, 7) is 7.19. The molecule has 0 spiro atoms. The van der Waals surface area contributed by atoms with E-state index >= 15 is 0 Å². The van der Waals surface area contributed by atoms with Crippen molar-refractivity contribution in [3.8, 4) is 0 Å². The van der Waals surface area contributed by atoms with Crippen molar-refractivity contribution in [1.29, 1.82) is 0 Å². The monoisotopic (exact) mass is 362 g/mol. The zero-order chi connectivity index (χ0) is 17.2. The molecule has 1 aliphatic carbocycles. The third kappa shape index (κ3) is 3.47. The molecular formula is C19H30N4OS. The van der Waals surface area contributed by atoms with E-state index in [1.807, 2.05) is 16.7 Å². The molecule has 138 valence electrons. The molecule has 1 aromatic rings. The van der Waals surface area contributed by atoms with Gasteiger partial charge in [0.05, 0.1) is 0 Å². The maximum atomic E-state index is 13.1. The van der Waals surface area contributed by atoms with Crippen LogP contribution in [0.15, 0.2) is 0 Å². The van der Waals surface area contributed by atoms with Crippen molar-refractivity contribution < 1.29 is 4.79 Å². The fourth-order valence-electron chi connectivity index (χ4n) is 4.61. The van der Waals surface area contributed by atoms with Crippen LogP contribution in [0.5, 0.6) is 0 Å². The Hall–Kier alpha value is -1.01. The van der Waals surface area contributed by atoms with Crippen molar-refractivity contribution in [3.05, 3.63) is 17.0 Å². The van der Waals surface area contributed by atoms with Crippen LogP contribution in [0.3, 0.4) is 0 Å². The highest BCUT2D eigenvalue weighted by molar-refractivity contribution is 7.99. The minimum absolute atomic E-state index is 0.169. The van der Waals surface area contributed by atoms with Gasteiger partial charge in [0.15, 0.2) is 5.69 Å². The summed E-state index contributed by atoms with van der Waals surface area (Å²) < 4.78 is 2.09. The second-order valence-electron chi connectivity index (χ2n) is 7.49. The number of aryl methyl sites for hydroxylation is 1. The van der Waals surface area contributed by atoms with Crippen LogP contribution in [0.1, 0.15) is 54.4 Å². The van der Waals surface area contributed by atoms with Crippen LogP contribution in [-0.2, 0) is 19.4 Å². The van der Waals surface area contributed by atoms with E-state index in [0.717, 1.165) is 49.7 Å². The third-order valence-corrected chi connectivity index (χ3v) is 6.97. The summed E-state index contributed by atoms with van der Waals surface area (Å²) in [5, 5.41) is 4.77. The molecule has 3 heterocycles. The molecule has 2 saturated heterocycles. The molecule has 0 radical (unpaired) electrons. The molecule has 1 aromatic heterocycles. The average Bonchev–Trinajstić information content (AvgIpc) is 3.06. The maximum absolute atomic E-state index is 13.1. The van der Waals surface area contributed by atoms with E-state index in [-0.39, 0.29) is 5.91 Å². The summed E-state index contributed by atoms with van der Waals surface area (Å²) >= 11 is 1.94. The highest BCUT2D eigenvalue weighted by Gasteiger charge is 2.33. The van der Waals surface area contributed by atoms with Crippen LogP contribution in [0, 0.1) is 0 Å². The molecule has 2 aliphatic heterocycles. The molecule has 5 nitrogen and oxygen atoms in total. The van der Waals surface area contributed by atoms with Gasteiger partial charge in [0, 0.05) is 48.4 Å². The number of hydrogen-bond acceptors (Lipinski definition) is 4. The Labute approximate surface area is 155 Å². The van der Waals surface area contributed by atoms with Crippen LogP contribution in [0.4, 0.5) is 0 Å². The van der Waals surface area contributed by atoms with Crippen molar-refractivity contribution in [3.63, 3.8) is 0 Å². The first kappa shape index (κ1) is 17.4. The van der Waals surface area contributed by atoms with Crippen molar-refractivity contribution in [2.24, 2.45) is 0 Å². The Morgan fingerprint density at radius 3 is 2.64 bits per heavy atom. The Balaban J connectivity index is 1.58. The second-order valence-corrected chi connectivity index (χ2v) is 8.71. The van der Waals surface area contributed by atoms with Crippen molar-refractivity contribution in [1.82, 2.24) is 19.6 Å². The van der Waals surface area contributed by atoms with Gasteiger partial charge in [-0.3, -0.25) is 9.48 Å². The lowest BCUT2D eigenvalue weighted by molar-refractivity contribution is 0.0763. The SMILES string of the molecule is CCn1nc(C(=O)N2CCSCC2)c2c1CCC(N1CCCCC1)C2. The number of nitrogens with zero attached hydrogens (tertiary/aromatic N) is 4. The predicted octanol–water partition coefficient (Wildman–Crippen LogP) is 2.44.